The summed E-state index contributed by atoms with van der Waals surface area (Å²) in [7, 11) is 0. The summed E-state index contributed by atoms with van der Waals surface area (Å²) in [5.41, 5.74) is 1.52. The molecule has 1 aromatic heterocycles. The van der Waals surface area contributed by atoms with Crippen LogP contribution in [0, 0.1) is 5.92 Å². The zero-order chi connectivity index (χ0) is 10.3. The second-order valence-corrected chi connectivity index (χ2v) is 6.17. The minimum atomic E-state index is -0.173. The molecule has 2 aliphatic rings. The molecule has 1 atom stereocenters. The van der Waals surface area contributed by atoms with E-state index in [-0.39, 0.29) is 6.10 Å². The minimum Gasteiger partial charge on any atom is -0.388 e. The molecule has 0 bridgehead atoms. The fourth-order valence-corrected chi connectivity index (χ4v) is 3.72. The van der Waals surface area contributed by atoms with E-state index in [0.717, 1.165) is 12.3 Å². The molecule has 1 nitrogen and oxygen atoms in total. The van der Waals surface area contributed by atoms with Crippen molar-refractivity contribution in [2.45, 2.75) is 51.0 Å². The molecule has 0 aliphatic heterocycles. The van der Waals surface area contributed by atoms with Crippen LogP contribution in [0.2, 0.25) is 0 Å². The third kappa shape index (κ3) is 2.11. The van der Waals surface area contributed by atoms with E-state index < -0.39 is 0 Å². The molecule has 0 saturated heterocycles. The van der Waals surface area contributed by atoms with Gasteiger partial charge in [-0.15, -0.1) is 11.3 Å². The lowest BCUT2D eigenvalue weighted by Gasteiger charge is -2.08. The molecule has 0 radical (unpaired) electrons. The van der Waals surface area contributed by atoms with Crippen LogP contribution in [0.15, 0.2) is 6.07 Å². The Balaban J connectivity index is 1.75. The zero-order valence-electron chi connectivity index (χ0n) is 9.04. The summed E-state index contributed by atoms with van der Waals surface area (Å²) in [6.07, 6.45) is 8.66. The van der Waals surface area contributed by atoms with Crippen molar-refractivity contribution < 1.29 is 5.11 Å². The van der Waals surface area contributed by atoms with Crippen molar-refractivity contribution >= 4 is 11.3 Å². The van der Waals surface area contributed by atoms with Crippen molar-refractivity contribution in [3.63, 3.8) is 0 Å². The number of rotatable bonds is 3. The minimum absolute atomic E-state index is 0.173. The van der Waals surface area contributed by atoms with Gasteiger partial charge in [0, 0.05) is 9.75 Å². The second-order valence-electron chi connectivity index (χ2n) is 5.00. The molecule has 2 aliphatic carbocycles. The van der Waals surface area contributed by atoms with Crippen molar-refractivity contribution in [3.05, 3.63) is 21.4 Å². The van der Waals surface area contributed by atoms with Crippen LogP contribution in [0.3, 0.4) is 0 Å². The van der Waals surface area contributed by atoms with Crippen LogP contribution in [-0.4, -0.2) is 5.11 Å². The van der Waals surface area contributed by atoms with Gasteiger partial charge in [-0.25, -0.2) is 0 Å². The first kappa shape index (κ1) is 9.86. The average Bonchev–Trinajstić information content (AvgIpc) is 2.95. The molecule has 1 heterocycles. The van der Waals surface area contributed by atoms with Crippen LogP contribution in [0.5, 0.6) is 0 Å². The predicted molar refractivity (Wildman–Crippen MR) is 63.3 cm³/mol. The molecular formula is C13H18OS. The highest BCUT2D eigenvalue weighted by Crippen LogP contribution is 2.40. The molecular weight excluding hydrogens is 204 g/mol. The number of aliphatic hydroxyl groups is 1. The molecule has 3 rings (SSSR count). The van der Waals surface area contributed by atoms with E-state index in [9.17, 15) is 5.11 Å². The Morgan fingerprint density at radius 2 is 2.13 bits per heavy atom. The van der Waals surface area contributed by atoms with Gasteiger partial charge < -0.3 is 5.11 Å². The Morgan fingerprint density at radius 3 is 2.87 bits per heavy atom. The Bertz CT molecular complexity index is 328. The summed E-state index contributed by atoms with van der Waals surface area (Å²) in [5.74, 6) is 0.819. The van der Waals surface area contributed by atoms with Crippen LogP contribution >= 0.6 is 11.3 Å². The largest absolute Gasteiger partial charge is 0.388 e. The van der Waals surface area contributed by atoms with Gasteiger partial charge in [0.15, 0.2) is 0 Å². The normalized spacial score (nSPS) is 22.5. The van der Waals surface area contributed by atoms with Gasteiger partial charge in [-0.05, 0) is 49.7 Å². The van der Waals surface area contributed by atoms with Crippen molar-refractivity contribution in [2.24, 2.45) is 5.92 Å². The number of fused-ring (bicyclic) bond motifs is 1. The molecule has 1 fully saturated rings. The summed E-state index contributed by atoms with van der Waals surface area (Å²) in [4.78, 5) is 2.78. The Morgan fingerprint density at radius 1 is 1.33 bits per heavy atom. The molecule has 1 unspecified atom stereocenters. The van der Waals surface area contributed by atoms with Crippen molar-refractivity contribution in [1.29, 1.82) is 0 Å². The van der Waals surface area contributed by atoms with E-state index in [1.807, 2.05) is 11.3 Å². The summed E-state index contributed by atoms with van der Waals surface area (Å²) in [6.45, 7) is 0. The maximum Gasteiger partial charge on any atom is 0.0884 e. The van der Waals surface area contributed by atoms with Crippen LogP contribution < -0.4 is 0 Å². The zero-order valence-corrected chi connectivity index (χ0v) is 9.85. The predicted octanol–water partition coefficient (Wildman–Crippen LogP) is 3.46. The first-order valence-corrected chi connectivity index (χ1v) is 6.94. The first-order valence-electron chi connectivity index (χ1n) is 6.12. The van der Waals surface area contributed by atoms with E-state index >= 15 is 0 Å². The number of hydrogen-bond donors (Lipinski definition) is 1. The maximum absolute atomic E-state index is 10.1. The molecule has 0 spiro atoms. The van der Waals surface area contributed by atoms with E-state index in [0.29, 0.717) is 0 Å². The van der Waals surface area contributed by atoms with Crippen molar-refractivity contribution in [3.8, 4) is 0 Å². The topological polar surface area (TPSA) is 20.2 Å². The lowest BCUT2D eigenvalue weighted by molar-refractivity contribution is 0.164. The summed E-state index contributed by atoms with van der Waals surface area (Å²) < 4.78 is 0. The average molecular weight is 222 g/mol. The number of aryl methyl sites for hydroxylation is 2. The number of hydrogen-bond acceptors (Lipinski definition) is 2. The van der Waals surface area contributed by atoms with Crippen LogP contribution in [-0.2, 0) is 12.8 Å². The monoisotopic (exact) mass is 222 g/mol. The molecule has 1 aromatic rings. The summed E-state index contributed by atoms with van der Waals surface area (Å²) >= 11 is 1.86. The third-order valence-corrected chi connectivity index (χ3v) is 4.94. The van der Waals surface area contributed by atoms with E-state index in [1.165, 1.54) is 49.0 Å². The molecule has 0 amide bonds. The van der Waals surface area contributed by atoms with Gasteiger partial charge in [-0.1, -0.05) is 12.8 Å². The van der Waals surface area contributed by atoms with Crippen LogP contribution in [0.4, 0.5) is 0 Å². The Labute approximate surface area is 95.1 Å². The lowest BCUT2D eigenvalue weighted by Crippen LogP contribution is -1.97. The Kier molecular flexibility index (Phi) is 2.57. The van der Waals surface area contributed by atoms with Gasteiger partial charge in [-0.3, -0.25) is 0 Å². The van der Waals surface area contributed by atoms with E-state index in [1.54, 1.807) is 4.88 Å². The first-order chi connectivity index (χ1) is 7.33. The molecule has 15 heavy (non-hydrogen) atoms. The van der Waals surface area contributed by atoms with Gasteiger partial charge in [-0.2, -0.15) is 0 Å². The highest BCUT2D eigenvalue weighted by Gasteiger charge is 2.26. The molecule has 1 N–H and O–H groups in total. The molecule has 82 valence electrons. The molecule has 1 saturated carbocycles. The fourth-order valence-electron chi connectivity index (χ4n) is 2.46. The maximum atomic E-state index is 10.1. The smallest absolute Gasteiger partial charge is 0.0884 e. The highest BCUT2D eigenvalue weighted by atomic mass is 32.1. The van der Waals surface area contributed by atoms with Crippen LogP contribution in [0.1, 0.15) is 53.5 Å². The summed E-state index contributed by atoms with van der Waals surface area (Å²) in [5, 5.41) is 10.1. The van der Waals surface area contributed by atoms with Gasteiger partial charge in [0.2, 0.25) is 0 Å². The van der Waals surface area contributed by atoms with Crippen molar-refractivity contribution in [1.82, 2.24) is 0 Å². The molecule has 2 heteroatoms. The lowest BCUT2D eigenvalue weighted by atomic mass is 9.98. The SMILES string of the molecule is OC(CC1CC1)c1cc2c(s1)CCCC2. The quantitative estimate of drug-likeness (QED) is 0.830. The van der Waals surface area contributed by atoms with Gasteiger partial charge >= 0.3 is 0 Å². The van der Waals surface area contributed by atoms with E-state index in [4.69, 9.17) is 0 Å². The standard InChI is InChI=1S/C13H18OS/c14-11(7-9-5-6-9)13-8-10-3-1-2-4-12(10)15-13/h8-9,11,14H,1-7H2. The second kappa shape index (κ2) is 3.91. The fraction of sp³-hybridized carbons (Fsp3) is 0.692. The van der Waals surface area contributed by atoms with Crippen molar-refractivity contribution in [2.75, 3.05) is 0 Å². The van der Waals surface area contributed by atoms with E-state index in [2.05, 4.69) is 6.07 Å². The van der Waals surface area contributed by atoms with Gasteiger partial charge in [0.05, 0.1) is 6.10 Å². The highest BCUT2D eigenvalue weighted by molar-refractivity contribution is 7.12. The third-order valence-electron chi connectivity index (χ3n) is 3.60. The number of aliphatic hydroxyl groups excluding tert-OH is 1. The summed E-state index contributed by atoms with van der Waals surface area (Å²) in [6, 6.07) is 2.27. The van der Waals surface area contributed by atoms with Gasteiger partial charge in [0.1, 0.15) is 0 Å². The number of thiophene rings is 1. The molecule has 0 aromatic carbocycles. The van der Waals surface area contributed by atoms with Gasteiger partial charge in [0.25, 0.3) is 0 Å². The van der Waals surface area contributed by atoms with Crippen LogP contribution in [0.25, 0.3) is 0 Å². The Hall–Kier alpha value is -0.340.